The Morgan fingerprint density at radius 2 is 1.30 bits per heavy atom. The Morgan fingerprint density at radius 3 is 1.90 bits per heavy atom. The fourth-order valence-corrected chi connectivity index (χ4v) is 2.72. The summed E-state index contributed by atoms with van der Waals surface area (Å²) in [6.07, 6.45) is 4.03. The minimum Gasteiger partial charge on any atom is -0.394 e. The standard InChI is InChI=1S/C15H30O5/c1-2-3-4-5-6-7-8-9-11-13(17)15(19)14(18)12(10-16)20-11/h11-19H,2-10H2,1H3/t11?,12-,13+,14-,15-/m1/s1. The zero-order valence-corrected chi connectivity index (χ0v) is 12.4. The predicted octanol–water partition coefficient (Wildman–Crippen LogP) is 0.969. The molecule has 4 N–H and O–H groups in total. The van der Waals surface area contributed by atoms with Crippen molar-refractivity contribution in [1.82, 2.24) is 0 Å². The average molecular weight is 290 g/mol. The van der Waals surface area contributed by atoms with Gasteiger partial charge in [-0.15, -0.1) is 0 Å². The topological polar surface area (TPSA) is 90.2 Å². The van der Waals surface area contributed by atoms with Crippen LogP contribution in [0.25, 0.3) is 0 Å². The van der Waals surface area contributed by atoms with E-state index < -0.39 is 30.5 Å². The zero-order valence-electron chi connectivity index (χ0n) is 12.4. The number of aliphatic hydroxyl groups excluding tert-OH is 4. The van der Waals surface area contributed by atoms with Gasteiger partial charge in [0.15, 0.2) is 0 Å². The number of unbranched alkanes of at least 4 members (excludes halogenated alkanes) is 6. The highest BCUT2D eigenvalue weighted by molar-refractivity contribution is 4.91. The molecule has 1 rings (SSSR count). The summed E-state index contributed by atoms with van der Waals surface area (Å²) in [7, 11) is 0. The van der Waals surface area contributed by atoms with Gasteiger partial charge in [0.25, 0.3) is 0 Å². The lowest BCUT2D eigenvalue weighted by molar-refractivity contribution is -0.230. The summed E-state index contributed by atoms with van der Waals surface area (Å²) in [4.78, 5) is 0. The van der Waals surface area contributed by atoms with Crippen molar-refractivity contribution in [3.8, 4) is 0 Å². The Morgan fingerprint density at radius 1 is 0.750 bits per heavy atom. The molecule has 0 amide bonds. The van der Waals surface area contributed by atoms with Crippen LogP contribution in [0.4, 0.5) is 0 Å². The minimum atomic E-state index is -1.24. The van der Waals surface area contributed by atoms with E-state index in [4.69, 9.17) is 9.84 Å². The SMILES string of the molecule is CCCCCCCCCC1O[C@H](CO)[C@@H](O)[C@H](O)[C@H]1O. The van der Waals surface area contributed by atoms with Crippen molar-refractivity contribution in [3.63, 3.8) is 0 Å². The van der Waals surface area contributed by atoms with Crippen LogP contribution >= 0.6 is 0 Å². The van der Waals surface area contributed by atoms with Crippen LogP contribution in [0.5, 0.6) is 0 Å². The van der Waals surface area contributed by atoms with E-state index in [1.165, 1.54) is 32.1 Å². The number of rotatable bonds is 9. The summed E-state index contributed by atoms with van der Waals surface area (Å²) in [5.74, 6) is 0. The molecule has 1 fully saturated rings. The van der Waals surface area contributed by atoms with Crippen molar-refractivity contribution in [2.75, 3.05) is 6.61 Å². The maximum absolute atomic E-state index is 9.88. The quantitative estimate of drug-likeness (QED) is 0.475. The van der Waals surface area contributed by atoms with Crippen molar-refractivity contribution in [2.45, 2.75) is 88.8 Å². The molecular weight excluding hydrogens is 260 g/mol. The van der Waals surface area contributed by atoms with Gasteiger partial charge >= 0.3 is 0 Å². The number of hydrogen-bond acceptors (Lipinski definition) is 5. The van der Waals surface area contributed by atoms with E-state index in [1.807, 2.05) is 0 Å². The molecule has 0 aromatic rings. The lowest BCUT2D eigenvalue weighted by atomic mass is 9.92. The fourth-order valence-electron chi connectivity index (χ4n) is 2.72. The van der Waals surface area contributed by atoms with Gasteiger partial charge in [-0.1, -0.05) is 51.9 Å². The van der Waals surface area contributed by atoms with Crippen LogP contribution < -0.4 is 0 Å². The lowest BCUT2D eigenvalue weighted by Crippen LogP contribution is -2.58. The Balaban J connectivity index is 2.21. The van der Waals surface area contributed by atoms with Gasteiger partial charge in [-0.25, -0.2) is 0 Å². The van der Waals surface area contributed by atoms with E-state index in [1.54, 1.807) is 0 Å². The Labute approximate surface area is 121 Å². The highest BCUT2D eigenvalue weighted by atomic mass is 16.5. The van der Waals surface area contributed by atoms with Crippen molar-refractivity contribution in [1.29, 1.82) is 0 Å². The van der Waals surface area contributed by atoms with Gasteiger partial charge in [-0.05, 0) is 6.42 Å². The lowest BCUT2D eigenvalue weighted by Gasteiger charge is -2.40. The van der Waals surface area contributed by atoms with Crippen molar-refractivity contribution < 1.29 is 25.2 Å². The molecule has 0 aliphatic carbocycles. The van der Waals surface area contributed by atoms with Gasteiger partial charge in [0.05, 0.1) is 12.7 Å². The molecule has 0 spiro atoms. The van der Waals surface area contributed by atoms with Gasteiger partial charge in [0, 0.05) is 0 Å². The van der Waals surface area contributed by atoms with Crippen molar-refractivity contribution >= 4 is 0 Å². The first-order chi connectivity index (χ1) is 9.61. The van der Waals surface area contributed by atoms with Crippen LogP contribution in [0.2, 0.25) is 0 Å². The first-order valence-corrected chi connectivity index (χ1v) is 7.92. The monoisotopic (exact) mass is 290 g/mol. The average Bonchev–Trinajstić information content (AvgIpc) is 2.46. The molecule has 0 aromatic carbocycles. The molecule has 1 saturated heterocycles. The van der Waals surface area contributed by atoms with Crippen molar-refractivity contribution in [2.24, 2.45) is 0 Å². The molecular formula is C15H30O5. The van der Waals surface area contributed by atoms with E-state index >= 15 is 0 Å². The number of aliphatic hydroxyl groups is 4. The van der Waals surface area contributed by atoms with Gasteiger partial charge in [-0.3, -0.25) is 0 Å². The predicted molar refractivity (Wildman–Crippen MR) is 76.4 cm³/mol. The van der Waals surface area contributed by atoms with Crippen LogP contribution in [0.3, 0.4) is 0 Å². The first-order valence-electron chi connectivity index (χ1n) is 7.92. The van der Waals surface area contributed by atoms with E-state index in [0.717, 1.165) is 12.8 Å². The molecule has 0 radical (unpaired) electrons. The molecule has 5 heteroatoms. The molecule has 20 heavy (non-hydrogen) atoms. The summed E-state index contributed by atoms with van der Waals surface area (Å²) < 4.78 is 5.47. The largest absolute Gasteiger partial charge is 0.394 e. The van der Waals surface area contributed by atoms with Gasteiger partial charge in [0.2, 0.25) is 0 Å². The summed E-state index contributed by atoms with van der Waals surface area (Å²) in [5, 5.41) is 38.3. The summed E-state index contributed by atoms with van der Waals surface area (Å²) >= 11 is 0. The maximum Gasteiger partial charge on any atom is 0.111 e. The second-order valence-corrected chi connectivity index (χ2v) is 5.78. The Hall–Kier alpha value is -0.200. The third kappa shape index (κ3) is 5.30. The van der Waals surface area contributed by atoms with E-state index in [-0.39, 0.29) is 6.61 Å². The number of ether oxygens (including phenoxy) is 1. The normalized spacial score (nSPS) is 34.4. The smallest absolute Gasteiger partial charge is 0.111 e. The van der Waals surface area contributed by atoms with E-state index in [0.29, 0.717) is 6.42 Å². The highest BCUT2D eigenvalue weighted by Gasteiger charge is 2.42. The van der Waals surface area contributed by atoms with Crippen molar-refractivity contribution in [3.05, 3.63) is 0 Å². The second-order valence-electron chi connectivity index (χ2n) is 5.78. The Bertz CT molecular complexity index is 246. The van der Waals surface area contributed by atoms with Crippen LogP contribution in [-0.2, 0) is 4.74 Å². The van der Waals surface area contributed by atoms with Crippen LogP contribution in [0.1, 0.15) is 58.3 Å². The molecule has 1 unspecified atom stereocenters. The fraction of sp³-hybridized carbons (Fsp3) is 1.00. The van der Waals surface area contributed by atoms with Gasteiger partial charge < -0.3 is 25.2 Å². The molecule has 1 aliphatic rings. The molecule has 5 atom stereocenters. The molecule has 5 nitrogen and oxygen atoms in total. The summed E-state index contributed by atoms with van der Waals surface area (Å²) in [6, 6.07) is 0. The minimum absolute atomic E-state index is 0.349. The molecule has 1 aliphatic heterocycles. The molecule has 0 saturated carbocycles. The number of hydrogen-bond donors (Lipinski definition) is 4. The molecule has 120 valence electrons. The molecule has 0 bridgehead atoms. The third-order valence-corrected chi connectivity index (χ3v) is 4.08. The third-order valence-electron chi connectivity index (χ3n) is 4.08. The van der Waals surface area contributed by atoms with Crippen LogP contribution in [-0.4, -0.2) is 57.6 Å². The van der Waals surface area contributed by atoms with E-state index in [2.05, 4.69) is 6.92 Å². The molecule has 0 aromatic heterocycles. The summed E-state index contributed by atoms with van der Waals surface area (Å²) in [5.41, 5.74) is 0. The highest BCUT2D eigenvalue weighted by Crippen LogP contribution is 2.24. The summed E-state index contributed by atoms with van der Waals surface area (Å²) in [6.45, 7) is 1.84. The van der Waals surface area contributed by atoms with Crippen LogP contribution in [0, 0.1) is 0 Å². The van der Waals surface area contributed by atoms with Crippen LogP contribution in [0.15, 0.2) is 0 Å². The first kappa shape index (κ1) is 17.9. The maximum atomic E-state index is 9.88. The Kier molecular flexibility index (Phi) is 8.64. The zero-order chi connectivity index (χ0) is 15.0. The second kappa shape index (κ2) is 9.68. The molecule has 1 heterocycles. The van der Waals surface area contributed by atoms with E-state index in [9.17, 15) is 15.3 Å². The van der Waals surface area contributed by atoms with Gasteiger partial charge in [-0.2, -0.15) is 0 Å². The van der Waals surface area contributed by atoms with Gasteiger partial charge in [0.1, 0.15) is 24.4 Å².